The number of hydrogen-bond donors (Lipinski definition) is 2. The molecule has 1 rings (SSSR count). The second-order valence-electron chi connectivity index (χ2n) is 2.79. The van der Waals surface area contributed by atoms with Crippen LogP contribution in [0.2, 0.25) is 5.15 Å². The van der Waals surface area contributed by atoms with Crippen LogP contribution < -0.4 is 4.72 Å². The molecule has 0 bridgehead atoms. The summed E-state index contributed by atoms with van der Waals surface area (Å²) in [6.45, 7) is 0. The lowest BCUT2D eigenvalue weighted by Crippen LogP contribution is -2.19. The normalized spacial score (nSPS) is 11.1. The first-order valence-electron chi connectivity index (χ1n) is 4.09. The summed E-state index contributed by atoms with van der Waals surface area (Å²) in [7, 11) is -3.73. The zero-order chi connectivity index (χ0) is 12.2. The molecule has 0 amide bonds. The molecule has 0 aliphatic carbocycles. The highest BCUT2D eigenvalue weighted by Gasteiger charge is 2.13. The second-order valence-corrected chi connectivity index (χ2v) is 5.02. The molecule has 1 heterocycles. The Labute approximate surface area is 96.5 Å². The van der Waals surface area contributed by atoms with Crippen LogP contribution >= 0.6 is 11.6 Å². The first-order chi connectivity index (χ1) is 7.39. The molecule has 0 aliphatic rings. The van der Waals surface area contributed by atoms with Gasteiger partial charge in [-0.05, 0) is 0 Å². The van der Waals surface area contributed by atoms with Crippen LogP contribution in [-0.4, -0.2) is 35.2 Å². The van der Waals surface area contributed by atoms with Crippen molar-refractivity contribution in [1.29, 1.82) is 0 Å². The molecule has 9 heteroatoms. The van der Waals surface area contributed by atoms with Crippen molar-refractivity contribution in [3.05, 3.63) is 17.5 Å². The Kier molecular flexibility index (Phi) is 4.02. The number of carboxylic acid groups (broad SMARTS) is 1. The van der Waals surface area contributed by atoms with Crippen molar-refractivity contribution in [3.63, 3.8) is 0 Å². The maximum Gasteiger partial charge on any atom is 0.304 e. The number of hydrogen-bond acceptors (Lipinski definition) is 5. The fourth-order valence-corrected chi connectivity index (χ4v) is 1.94. The SMILES string of the molecule is O=C(O)CCS(=O)(=O)Nc1cc(Cl)ncn1. The average molecular weight is 266 g/mol. The summed E-state index contributed by atoms with van der Waals surface area (Å²) < 4.78 is 24.8. The zero-order valence-electron chi connectivity index (χ0n) is 7.92. The summed E-state index contributed by atoms with van der Waals surface area (Å²) in [5.74, 6) is -1.71. The molecule has 88 valence electrons. The molecule has 0 fully saturated rings. The number of rotatable bonds is 5. The molecular weight excluding hydrogens is 258 g/mol. The quantitative estimate of drug-likeness (QED) is 0.743. The number of nitrogens with zero attached hydrogens (tertiary/aromatic N) is 2. The van der Waals surface area contributed by atoms with Crippen molar-refractivity contribution in [1.82, 2.24) is 9.97 Å². The fourth-order valence-electron chi connectivity index (χ4n) is 0.821. The zero-order valence-corrected chi connectivity index (χ0v) is 9.49. The van der Waals surface area contributed by atoms with Crippen LogP contribution in [0.1, 0.15) is 6.42 Å². The van der Waals surface area contributed by atoms with Crippen molar-refractivity contribution in [2.24, 2.45) is 0 Å². The molecule has 0 atom stereocenters. The molecular formula is C7H8ClN3O4S. The van der Waals surface area contributed by atoms with E-state index in [0.717, 1.165) is 6.33 Å². The Morgan fingerprint density at radius 2 is 2.19 bits per heavy atom. The Morgan fingerprint density at radius 3 is 2.75 bits per heavy atom. The number of aliphatic carboxylic acids is 1. The van der Waals surface area contributed by atoms with E-state index in [1.165, 1.54) is 6.07 Å². The van der Waals surface area contributed by atoms with Gasteiger partial charge in [0.2, 0.25) is 10.0 Å². The highest BCUT2D eigenvalue weighted by molar-refractivity contribution is 7.92. The number of carboxylic acids is 1. The minimum atomic E-state index is -3.73. The predicted molar refractivity (Wildman–Crippen MR) is 56.7 cm³/mol. The van der Waals surface area contributed by atoms with E-state index in [0.29, 0.717) is 0 Å². The van der Waals surface area contributed by atoms with E-state index in [1.54, 1.807) is 0 Å². The van der Waals surface area contributed by atoms with Gasteiger partial charge in [0.25, 0.3) is 0 Å². The van der Waals surface area contributed by atoms with Crippen LogP contribution in [-0.2, 0) is 14.8 Å². The summed E-state index contributed by atoms with van der Waals surface area (Å²) in [5, 5.41) is 8.44. The Balaban J connectivity index is 2.69. The van der Waals surface area contributed by atoms with Crippen LogP contribution in [0.25, 0.3) is 0 Å². The maximum atomic E-state index is 11.3. The Bertz CT molecular complexity index is 490. The van der Waals surface area contributed by atoms with Crippen molar-refractivity contribution >= 4 is 33.4 Å². The highest BCUT2D eigenvalue weighted by Crippen LogP contribution is 2.10. The van der Waals surface area contributed by atoms with Crippen LogP contribution in [0.3, 0.4) is 0 Å². The lowest BCUT2D eigenvalue weighted by Gasteiger charge is -2.05. The third-order valence-electron chi connectivity index (χ3n) is 1.48. The topological polar surface area (TPSA) is 109 Å². The third-order valence-corrected chi connectivity index (χ3v) is 2.95. The first-order valence-corrected chi connectivity index (χ1v) is 6.12. The maximum absolute atomic E-state index is 11.3. The summed E-state index contributed by atoms with van der Waals surface area (Å²) in [6.07, 6.45) is 0.617. The van der Waals surface area contributed by atoms with Crippen molar-refractivity contribution < 1.29 is 18.3 Å². The minimum Gasteiger partial charge on any atom is -0.481 e. The van der Waals surface area contributed by atoms with Gasteiger partial charge < -0.3 is 5.11 Å². The molecule has 0 unspecified atom stereocenters. The number of aromatic nitrogens is 2. The lowest BCUT2D eigenvalue weighted by molar-refractivity contribution is -0.136. The minimum absolute atomic E-state index is 0.00499. The molecule has 0 saturated carbocycles. The number of sulfonamides is 1. The van der Waals surface area contributed by atoms with E-state index in [4.69, 9.17) is 16.7 Å². The smallest absolute Gasteiger partial charge is 0.304 e. The molecule has 0 spiro atoms. The Hall–Kier alpha value is -1.41. The third kappa shape index (κ3) is 4.41. The molecule has 1 aromatic heterocycles. The largest absolute Gasteiger partial charge is 0.481 e. The fraction of sp³-hybridized carbons (Fsp3) is 0.286. The lowest BCUT2D eigenvalue weighted by atomic mass is 10.5. The standard InChI is InChI=1S/C7H8ClN3O4S/c8-5-3-6(10-4-9-5)11-16(14,15)2-1-7(12)13/h3-4H,1-2H2,(H,12,13)(H,9,10,11). The highest BCUT2D eigenvalue weighted by atomic mass is 35.5. The average Bonchev–Trinajstić information content (AvgIpc) is 2.14. The summed E-state index contributed by atoms with van der Waals surface area (Å²) in [6, 6.07) is 1.22. The van der Waals surface area contributed by atoms with Gasteiger partial charge in [-0.2, -0.15) is 0 Å². The van der Waals surface area contributed by atoms with E-state index in [2.05, 4.69) is 14.7 Å². The summed E-state index contributed by atoms with van der Waals surface area (Å²) >= 11 is 5.52. The predicted octanol–water partition coefficient (Wildman–Crippen LogP) is 0.346. The molecule has 16 heavy (non-hydrogen) atoms. The van der Waals surface area contributed by atoms with E-state index in [-0.39, 0.29) is 11.0 Å². The first kappa shape index (κ1) is 12.7. The van der Waals surface area contributed by atoms with Gasteiger partial charge in [-0.25, -0.2) is 18.4 Å². The second kappa shape index (κ2) is 5.08. The molecule has 0 aliphatic heterocycles. The molecule has 7 nitrogen and oxygen atoms in total. The van der Waals surface area contributed by atoms with Gasteiger partial charge in [-0.15, -0.1) is 0 Å². The summed E-state index contributed by atoms with van der Waals surface area (Å²) in [5.41, 5.74) is 0. The Morgan fingerprint density at radius 1 is 1.50 bits per heavy atom. The molecule has 1 aromatic rings. The van der Waals surface area contributed by atoms with Crippen molar-refractivity contribution in [3.8, 4) is 0 Å². The summed E-state index contributed by atoms with van der Waals surface area (Å²) in [4.78, 5) is 17.4. The van der Waals surface area contributed by atoms with E-state index in [1.807, 2.05) is 0 Å². The van der Waals surface area contributed by atoms with Crippen LogP contribution in [0.15, 0.2) is 12.4 Å². The van der Waals surface area contributed by atoms with Gasteiger partial charge in [-0.3, -0.25) is 9.52 Å². The van der Waals surface area contributed by atoms with E-state index in [9.17, 15) is 13.2 Å². The number of anilines is 1. The molecule has 0 saturated heterocycles. The van der Waals surface area contributed by atoms with Crippen molar-refractivity contribution in [2.45, 2.75) is 6.42 Å². The van der Waals surface area contributed by atoms with Crippen molar-refractivity contribution in [2.75, 3.05) is 10.5 Å². The number of carbonyl (C=O) groups is 1. The van der Waals surface area contributed by atoms with E-state index >= 15 is 0 Å². The van der Waals surface area contributed by atoms with Gasteiger partial charge in [-0.1, -0.05) is 11.6 Å². The number of nitrogens with one attached hydrogen (secondary N) is 1. The van der Waals surface area contributed by atoms with Crippen LogP contribution in [0.4, 0.5) is 5.82 Å². The van der Waals surface area contributed by atoms with Gasteiger partial charge >= 0.3 is 5.97 Å². The molecule has 0 radical (unpaired) electrons. The van der Waals surface area contributed by atoms with Gasteiger partial charge in [0.15, 0.2) is 0 Å². The number of halogens is 1. The van der Waals surface area contributed by atoms with Crippen LogP contribution in [0.5, 0.6) is 0 Å². The van der Waals surface area contributed by atoms with Gasteiger partial charge in [0.05, 0.1) is 12.2 Å². The van der Waals surface area contributed by atoms with Gasteiger partial charge in [0, 0.05) is 6.07 Å². The molecule has 2 N–H and O–H groups in total. The van der Waals surface area contributed by atoms with E-state index < -0.39 is 28.2 Å². The molecule has 0 aromatic carbocycles. The van der Waals surface area contributed by atoms with Gasteiger partial charge in [0.1, 0.15) is 17.3 Å². The van der Waals surface area contributed by atoms with Crippen LogP contribution in [0, 0.1) is 0 Å². The monoisotopic (exact) mass is 265 g/mol.